The third kappa shape index (κ3) is 9.88. The number of hydrogen-bond acceptors (Lipinski definition) is 3. The molecule has 1 N–H and O–H groups in total. The molecule has 0 aliphatic rings. The quantitative estimate of drug-likeness (QED) is 0.531. The molecule has 0 aliphatic carbocycles. The van der Waals surface area contributed by atoms with Crippen molar-refractivity contribution in [3.05, 3.63) is 0 Å². The van der Waals surface area contributed by atoms with Crippen molar-refractivity contribution >= 4 is 0 Å². The highest BCUT2D eigenvalue weighted by Crippen LogP contribution is 1.90. The van der Waals surface area contributed by atoms with Crippen molar-refractivity contribution in [2.75, 3.05) is 40.5 Å². The molecule has 3 nitrogen and oxygen atoms in total. The van der Waals surface area contributed by atoms with Gasteiger partial charge in [-0.3, -0.25) is 0 Å². The Kier molecular flexibility index (Phi) is 10.8. The summed E-state index contributed by atoms with van der Waals surface area (Å²) < 4.78 is 10.3. The van der Waals surface area contributed by atoms with Gasteiger partial charge < -0.3 is 14.8 Å². The lowest BCUT2D eigenvalue weighted by atomic mass is 10.3. The first-order valence-corrected chi connectivity index (χ1v) is 4.63. The highest BCUT2D eigenvalue weighted by atomic mass is 16.5. The molecule has 3 heteroatoms. The average Bonchev–Trinajstić information content (AvgIpc) is 2.10. The topological polar surface area (TPSA) is 30.5 Å². The summed E-state index contributed by atoms with van der Waals surface area (Å²) in [5.41, 5.74) is 0. The summed E-state index contributed by atoms with van der Waals surface area (Å²) in [5, 5.41) is 3.10. The van der Waals surface area contributed by atoms with E-state index in [9.17, 15) is 0 Å². The SMILES string of the molecule is CNCCCCOCCCOC. The molecule has 0 radical (unpaired) electrons. The fraction of sp³-hybridized carbons (Fsp3) is 1.00. The van der Waals surface area contributed by atoms with Crippen LogP contribution in [-0.4, -0.2) is 40.5 Å². The Bertz CT molecular complexity index is 68.9. The second-order valence-electron chi connectivity index (χ2n) is 2.77. The van der Waals surface area contributed by atoms with Crippen LogP contribution in [0.1, 0.15) is 19.3 Å². The minimum absolute atomic E-state index is 0.802. The lowest BCUT2D eigenvalue weighted by molar-refractivity contribution is 0.100. The van der Waals surface area contributed by atoms with Gasteiger partial charge in [0.05, 0.1) is 0 Å². The van der Waals surface area contributed by atoms with E-state index >= 15 is 0 Å². The Labute approximate surface area is 75.4 Å². The minimum atomic E-state index is 0.802. The highest BCUT2D eigenvalue weighted by Gasteiger charge is 1.89. The Morgan fingerprint density at radius 1 is 1.00 bits per heavy atom. The first kappa shape index (κ1) is 11.9. The van der Waals surface area contributed by atoms with Gasteiger partial charge in [-0.25, -0.2) is 0 Å². The van der Waals surface area contributed by atoms with Crippen LogP contribution >= 0.6 is 0 Å². The largest absolute Gasteiger partial charge is 0.385 e. The van der Waals surface area contributed by atoms with Crippen LogP contribution < -0.4 is 5.32 Å². The molecule has 0 rings (SSSR count). The number of hydrogen-bond donors (Lipinski definition) is 1. The van der Waals surface area contributed by atoms with Crippen molar-refractivity contribution in [1.82, 2.24) is 5.32 Å². The van der Waals surface area contributed by atoms with Gasteiger partial charge in [0.1, 0.15) is 0 Å². The van der Waals surface area contributed by atoms with Crippen molar-refractivity contribution in [2.45, 2.75) is 19.3 Å². The smallest absolute Gasteiger partial charge is 0.0487 e. The molecule has 0 spiro atoms. The van der Waals surface area contributed by atoms with Gasteiger partial charge in [-0.2, -0.15) is 0 Å². The van der Waals surface area contributed by atoms with E-state index in [4.69, 9.17) is 9.47 Å². The number of rotatable bonds is 9. The molecule has 12 heavy (non-hydrogen) atoms. The van der Waals surface area contributed by atoms with Gasteiger partial charge in [0.25, 0.3) is 0 Å². The average molecular weight is 175 g/mol. The molecule has 0 aromatic carbocycles. The first-order valence-electron chi connectivity index (χ1n) is 4.63. The summed E-state index contributed by atoms with van der Waals surface area (Å²) in [5.74, 6) is 0. The van der Waals surface area contributed by atoms with Crippen LogP contribution in [0.5, 0.6) is 0 Å². The Hall–Kier alpha value is -0.120. The number of ether oxygens (including phenoxy) is 2. The molecule has 0 saturated carbocycles. The van der Waals surface area contributed by atoms with E-state index in [2.05, 4.69) is 5.32 Å². The maximum atomic E-state index is 5.37. The van der Waals surface area contributed by atoms with Crippen LogP contribution in [0.3, 0.4) is 0 Å². The third-order valence-corrected chi connectivity index (χ3v) is 1.60. The van der Waals surface area contributed by atoms with Gasteiger partial charge in [-0.15, -0.1) is 0 Å². The van der Waals surface area contributed by atoms with E-state index in [-0.39, 0.29) is 0 Å². The zero-order valence-corrected chi connectivity index (χ0v) is 8.27. The van der Waals surface area contributed by atoms with Crippen LogP contribution in [0.2, 0.25) is 0 Å². The van der Waals surface area contributed by atoms with Crippen molar-refractivity contribution in [3.8, 4) is 0 Å². The molecule has 0 amide bonds. The summed E-state index contributed by atoms with van der Waals surface area (Å²) in [7, 11) is 3.69. The summed E-state index contributed by atoms with van der Waals surface area (Å²) >= 11 is 0. The third-order valence-electron chi connectivity index (χ3n) is 1.60. The molecule has 0 bridgehead atoms. The fourth-order valence-corrected chi connectivity index (χ4v) is 0.913. The van der Waals surface area contributed by atoms with Gasteiger partial charge in [0.15, 0.2) is 0 Å². The number of unbranched alkanes of at least 4 members (excludes halogenated alkanes) is 1. The lowest BCUT2D eigenvalue weighted by Gasteiger charge is -2.03. The standard InChI is InChI=1S/C9H21NO2/c1-10-6-3-4-8-12-9-5-7-11-2/h10H,3-9H2,1-2H3. The van der Waals surface area contributed by atoms with Crippen molar-refractivity contribution in [1.29, 1.82) is 0 Å². The van der Waals surface area contributed by atoms with Crippen LogP contribution in [0.15, 0.2) is 0 Å². The zero-order valence-electron chi connectivity index (χ0n) is 8.27. The van der Waals surface area contributed by atoms with Crippen LogP contribution in [-0.2, 0) is 9.47 Å². The molecule has 0 heterocycles. The van der Waals surface area contributed by atoms with Gasteiger partial charge >= 0.3 is 0 Å². The Balaban J connectivity index is 2.73. The van der Waals surface area contributed by atoms with E-state index < -0.39 is 0 Å². The zero-order chi connectivity index (χ0) is 9.07. The summed E-state index contributed by atoms with van der Waals surface area (Å²) in [4.78, 5) is 0. The summed E-state index contributed by atoms with van der Waals surface area (Å²) in [6, 6.07) is 0. The van der Waals surface area contributed by atoms with Crippen molar-refractivity contribution in [2.24, 2.45) is 0 Å². The molecule has 0 aromatic rings. The molecule has 0 saturated heterocycles. The molecule has 0 fully saturated rings. The number of nitrogens with one attached hydrogen (secondary N) is 1. The molecule has 0 aliphatic heterocycles. The van der Waals surface area contributed by atoms with Gasteiger partial charge in [0.2, 0.25) is 0 Å². The molecule has 74 valence electrons. The second-order valence-corrected chi connectivity index (χ2v) is 2.77. The maximum absolute atomic E-state index is 5.37. The lowest BCUT2D eigenvalue weighted by Crippen LogP contribution is -2.09. The van der Waals surface area contributed by atoms with E-state index in [1.165, 1.54) is 6.42 Å². The molecule has 0 atom stereocenters. The van der Waals surface area contributed by atoms with Crippen LogP contribution in [0.25, 0.3) is 0 Å². The van der Waals surface area contributed by atoms with Crippen molar-refractivity contribution < 1.29 is 9.47 Å². The number of methoxy groups -OCH3 is 1. The molecule has 0 unspecified atom stereocenters. The first-order chi connectivity index (χ1) is 5.91. The van der Waals surface area contributed by atoms with Crippen LogP contribution in [0.4, 0.5) is 0 Å². The Morgan fingerprint density at radius 3 is 2.42 bits per heavy atom. The predicted octanol–water partition coefficient (Wildman–Crippen LogP) is 1.04. The van der Waals surface area contributed by atoms with E-state index in [0.717, 1.165) is 39.2 Å². The van der Waals surface area contributed by atoms with E-state index in [1.807, 2.05) is 7.05 Å². The molecular formula is C9H21NO2. The van der Waals surface area contributed by atoms with Gasteiger partial charge in [-0.05, 0) is 32.9 Å². The predicted molar refractivity (Wildman–Crippen MR) is 50.5 cm³/mol. The Morgan fingerprint density at radius 2 is 1.75 bits per heavy atom. The normalized spacial score (nSPS) is 10.5. The van der Waals surface area contributed by atoms with E-state index in [1.54, 1.807) is 7.11 Å². The monoisotopic (exact) mass is 175 g/mol. The summed E-state index contributed by atoms with van der Waals surface area (Å²) in [6.45, 7) is 3.59. The van der Waals surface area contributed by atoms with Gasteiger partial charge in [-0.1, -0.05) is 0 Å². The second kappa shape index (κ2) is 10.9. The van der Waals surface area contributed by atoms with Gasteiger partial charge in [0, 0.05) is 26.9 Å². The maximum Gasteiger partial charge on any atom is 0.0487 e. The van der Waals surface area contributed by atoms with Crippen LogP contribution in [0, 0.1) is 0 Å². The highest BCUT2D eigenvalue weighted by molar-refractivity contribution is 4.42. The van der Waals surface area contributed by atoms with Crippen molar-refractivity contribution in [3.63, 3.8) is 0 Å². The van der Waals surface area contributed by atoms with E-state index in [0.29, 0.717) is 0 Å². The molecule has 0 aromatic heterocycles. The molecular weight excluding hydrogens is 154 g/mol. The fourth-order valence-electron chi connectivity index (χ4n) is 0.913. The summed E-state index contributed by atoms with van der Waals surface area (Å²) in [6.07, 6.45) is 3.34. The minimum Gasteiger partial charge on any atom is -0.385 e.